The van der Waals surface area contributed by atoms with E-state index in [9.17, 15) is 10.1 Å². The summed E-state index contributed by atoms with van der Waals surface area (Å²) < 4.78 is 11.1. The van der Waals surface area contributed by atoms with Crippen molar-refractivity contribution < 1.29 is 14.4 Å². The molecule has 2 aromatic rings. The van der Waals surface area contributed by atoms with Crippen molar-refractivity contribution in [2.45, 2.75) is 12.8 Å². The highest BCUT2D eigenvalue weighted by atomic mass is 35.5. The fourth-order valence-electron chi connectivity index (χ4n) is 1.81. The topological polar surface area (TPSA) is 61.6 Å². The first-order valence-electron chi connectivity index (χ1n) is 6.91. The number of hydrogen-bond donors (Lipinski definition) is 0. The van der Waals surface area contributed by atoms with Gasteiger partial charge in [0.1, 0.15) is 11.5 Å². The molecule has 0 saturated heterocycles. The van der Waals surface area contributed by atoms with Crippen molar-refractivity contribution in [2.75, 3.05) is 13.2 Å². The van der Waals surface area contributed by atoms with Gasteiger partial charge in [-0.25, -0.2) is 0 Å². The first-order valence-corrected chi connectivity index (χ1v) is 7.29. The molecular weight excluding hydrogens is 306 g/mol. The van der Waals surface area contributed by atoms with Crippen molar-refractivity contribution in [3.63, 3.8) is 0 Å². The zero-order valence-corrected chi connectivity index (χ0v) is 12.7. The number of ether oxygens (including phenoxy) is 2. The van der Waals surface area contributed by atoms with Gasteiger partial charge in [0, 0.05) is 12.1 Å². The lowest BCUT2D eigenvalue weighted by atomic mass is 10.3. The van der Waals surface area contributed by atoms with Crippen LogP contribution in [0.1, 0.15) is 12.8 Å². The van der Waals surface area contributed by atoms with Gasteiger partial charge < -0.3 is 9.47 Å². The highest BCUT2D eigenvalue weighted by Gasteiger charge is 2.09. The van der Waals surface area contributed by atoms with Crippen LogP contribution in [0.2, 0.25) is 5.02 Å². The first kappa shape index (κ1) is 16.1. The minimum Gasteiger partial charge on any atom is -0.494 e. The average molecular weight is 322 g/mol. The minimum atomic E-state index is -0.490. The van der Waals surface area contributed by atoms with Crippen LogP contribution in [0.3, 0.4) is 0 Å². The number of benzene rings is 2. The number of non-ortho nitro benzene ring substituents is 1. The number of hydrogen-bond acceptors (Lipinski definition) is 4. The van der Waals surface area contributed by atoms with Crippen LogP contribution < -0.4 is 9.47 Å². The van der Waals surface area contributed by atoms with Crippen LogP contribution >= 0.6 is 11.6 Å². The van der Waals surface area contributed by atoms with Gasteiger partial charge in [-0.05, 0) is 31.0 Å². The Morgan fingerprint density at radius 2 is 1.68 bits per heavy atom. The van der Waals surface area contributed by atoms with Crippen LogP contribution in [0.15, 0.2) is 48.5 Å². The van der Waals surface area contributed by atoms with Crippen molar-refractivity contribution in [1.29, 1.82) is 0 Å². The Bertz CT molecular complexity index is 619. The molecule has 0 bridgehead atoms. The molecule has 0 atom stereocenters. The molecule has 0 aromatic heterocycles. The standard InChI is InChI=1S/C16H16ClNO4/c17-15-12-13(18(19)20)8-9-16(15)22-11-5-4-10-21-14-6-2-1-3-7-14/h1-3,6-9,12H,4-5,10-11H2. The van der Waals surface area contributed by atoms with E-state index in [1.807, 2.05) is 30.3 Å². The molecule has 0 aliphatic carbocycles. The predicted molar refractivity (Wildman–Crippen MR) is 84.8 cm³/mol. The Kier molecular flexibility index (Phi) is 6.03. The molecule has 0 fully saturated rings. The molecule has 116 valence electrons. The van der Waals surface area contributed by atoms with Crippen molar-refractivity contribution in [2.24, 2.45) is 0 Å². The van der Waals surface area contributed by atoms with Gasteiger partial charge in [-0.15, -0.1) is 0 Å². The van der Waals surface area contributed by atoms with Gasteiger partial charge in [0.15, 0.2) is 0 Å². The highest BCUT2D eigenvalue weighted by molar-refractivity contribution is 6.32. The summed E-state index contributed by atoms with van der Waals surface area (Å²) in [5.74, 6) is 1.30. The second kappa shape index (κ2) is 8.24. The summed E-state index contributed by atoms with van der Waals surface area (Å²) in [5.41, 5.74) is -0.0476. The number of nitro benzene ring substituents is 1. The second-order valence-corrected chi connectivity index (χ2v) is 5.00. The number of unbranched alkanes of at least 4 members (excludes halogenated alkanes) is 1. The number of rotatable bonds is 8. The lowest BCUT2D eigenvalue weighted by Crippen LogP contribution is -2.03. The summed E-state index contributed by atoms with van der Waals surface area (Å²) in [4.78, 5) is 10.1. The fourth-order valence-corrected chi connectivity index (χ4v) is 2.04. The molecule has 0 aliphatic rings. The summed E-state index contributed by atoms with van der Waals surface area (Å²) in [6.45, 7) is 1.09. The number of nitrogens with zero attached hydrogens (tertiary/aromatic N) is 1. The molecule has 0 unspecified atom stereocenters. The third kappa shape index (κ3) is 4.93. The molecule has 0 heterocycles. The minimum absolute atomic E-state index is 0.0476. The van der Waals surface area contributed by atoms with Crippen LogP contribution in [0.5, 0.6) is 11.5 Å². The molecule has 0 radical (unpaired) electrons. The van der Waals surface area contributed by atoms with E-state index in [1.165, 1.54) is 18.2 Å². The predicted octanol–water partition coefficient (Wildman–Crippen LogP) is 4.49. The van der Waals surface area contributed by atoms with E-state index in [1.54, 1.807) is 0 Å². The van der Waals surface area contributed by atoms with E-state index in [0.29, 0.717) is 19.0 Å². The molecule has 0 N–H and O–H groups in total. The first-order chi connectivity index (χ1) is 10.7. The van der Waals surface area contributed by atoms with Crippen molar-refractivity contribution >= 4 is 17.3 Å². The van der Waals surface area contributed by atoms with Gasteiger partial charge in [-0.1, -0.05) is 29.8 Å². The zero-order chi connectivity index (χ0) is 15.8. The highest BCUT2D eigenvalue weighted by Crippen LogP contribution is 2.28. The molecule has 2 rings (SSSR count). The van der Waals surface area contributed by atoms with E-state index in [4.69, 9.17) is 21.1 Å². The molecule has 2 aromatic carbocycles. The van der Waals surface area contributed by atoms with Crippen molar-refractivity contribution in [1.82, 2.24) is 0 Å². The van der Waals surface area contributed by atoms with Gasteiger partial charge in [-0.3, -0.25) is 10.1 Å². The van der Waals surface area contributed by atoms with E-state index < -0.39 is 4.92 Å². The Morgan fingerprint density at radius 1 is 1.00 bits per heavy atom. The van der Waals surface area contributed by atoms with Gasteiger partial charge in [0.05, 0.1) is 23.2 Å². The van der Waals surface area contributed by atoms with Gasteiger partial charge >= 0.3 is 0 Å². The van der Waals surface area contributed by atoms with Crippen LogP contribution in [0.4, 0.5) is 5.69 Å². The molecule has 6 heteroatoms. The Hall–Kier alpha value is -2.27. The summed E-state index contributed by atoms with van der Waals surface area (Å²) in [6.07, 6.45) is 1.65. The molecular formula is C16H16ClNO4. The molecule has 0 spiro atoms. The van der Waals surface area contributed by atoms with Crippen molar-refractivity contribution in [3.8, 4) is 11.5 Å². The lowest BCUT2D eigenvalue weighted by molar-refractivity contribution is -0.384. The normalized spacial score (nSPS) is 10.2. The third-order valence-electron chi connectivity index (χ3n) is 2.93. The maximum Gasteiger partial charge on any atom is 0.271 e. The zero-order valence-electron chi connectivity index (χ0n) is 11.9. The van der Waals surface area contributed by atoms with E-state index in [2.05, 4.69) is 0 Å². The molecule has 0 saturated carbocycles. The van der Waals surface area contributed by atoms with Crippen LogP contribution in [0.25, 0.3) is 0 Å². The summed E-state index contributed by atoms with van der Waals surface area (Å²) in [6, 6.07) is 13.8. The number of nitro groups is 1. The third-order valence-corrected chi connectivity index (χ3v) is 3.23. The molecule has 0 amide bonds. The quantitative estimate of drug-likeness (QED) is 0.408. The van der Waals surface area contributed by atoms with E-state index in [-0.39, 0.29) is 10.7 Å². The maximum absolute atomic E-state index is 10.6. The van der Waals surface area contributed by atoms with Gasteiger partial charge in [-0.2, -0.15) is 0 Å². The van der Waals surface area contributed by atoms with Crippen LogP contribution in [-0.4, -0.2) is 18.1 Å². The van der Waals surface area contributed by atoms with Crippen molar-refractivity contribution in [3.05, 3.63) is 63.7 Å². The van der Waals surface area contributed by atoms with Crippen LogP contribution in [-0.2, 0) is 0 Å². The SMILES string of the molecule is O=[N+]([O-])c1ccc(OCCCCOc2ccccc2)c(Cl)c1. The Morgan fingerprint density at radius 3 is 2.32 bits per heavy atom. The average Bonchev–Trinajstić information content (AvgIpc) is 2.52. The summed E-state index contributed by atoms with van der Waals surface area (Å²) >= 11 is 5.94. The second-order valence-electron chi connectivity index (χ2n) is 4.59. The summed E-state index contributed by atoms with van der Waals surface area (Å²) in [7, 11) is 0. The smallest absolute Gasteiger partial charge is 0.271 e. The van der Waals surface area contributed by atoms with Gasteiger partial charge in [0.2, 0.25) is 0 Å². The summed E-state index contributed by atoms with van der Waals surface area (Å²) in [5, 5.41) is 10.9. The molecule has 5 nitrogen and oxygen atoms in total. The Labute approximate surface area is 133 Å². The van der Waals surface area contributed by atoms with Crippen LogP contribution in [0, 0.1) is 10.1 Å². The lowest BCUT2D eigenvalue weighted by Gasteiger charge is -2.08. The number of halogens is 1. The number of para-hydroxylation sites is 1. The van der Waals surface area contributed by atoms with Gasteiger partial charge in [0.25, 0.3) is 5.69 Å². The molecule has 0 aliphatic heterocycles. The molecule has 22 heavy (non-hydrogen) atoms. The van der Waals surface area contributed by atoms with E-state index >= 15 is 0 Å². The van der Waals surface area contributed by atoms with E-state index in [0.717, 1.165) is 18.6 Å². The monoisotopic (exact) mass is 321 g/mol. The maximum atomic E-state index is 10.6. The Balaban J connectivity index is 1.67. The fraction of sp³-hybridized carbons (Fsp3) is 0.250. The largest absolute Gasteiger partial charge is 0.494 e.